The van der Waals surface area contributed by atoms with E-state index in [9.17, 15) is 0 Å². The number of hydrogen-bond acceptors (Lipinski definition) is 2. The number of anilines is 2. The zero-order chi connectivity index (χ0) is 12.4. The summed E-state index contributed by atoms with van der Waals surface area (Å²) >= 11 is 6.26. The molecule has 17 heavy (non-hydrogen) atoms. The molecule has 2 atom stereocenters. The van der Waals surface area contributed by atoms with Gasteiger partial charge in [-0.3, -0.25) is 0 Å². The third-order valence-electron chi connectivity index (χ3n) is 3.81. The normalized spacial score (nSPS) is 24.6. The first kappa shape index (κ1) is 12.6. The van der Waals surface area contributed by atoms with Crippen LogP contribution in [0.25, 0.3) is 0 Å². The summed E-state index contributed by atoms with van der Waals surface area (Å²) in [6, 6.07) is 6.39. The van der Waals surface area contributed by atoms with Crippen LogP contribution >= 0.6 is 11.6 Å². The second-order valence-electron chi connectivity index (χ2n) is 5.25. The van der Waals surface area contributed by atoms with Crippen LogP contribution in [0, 0.1) is 5.92 Å². The van der Waals surface area contributed by atoms with E-state index in [4.69, 9.17) is 17.3 Å². The minimum atomic E-state index is 0.611. The number of rotatable bonds is 2. The summed E-state index contributed by atoms with van der Waals surface area (Å²) in [5.74, 6) is 0.823. The Morgan fingerprint density at radius 3 is 2.76 bits per heavy atom. The summed E-state index contributed by atoms with van der Waals surface area (Å²) < 4.78 is 0. The van der Waals surface area contributed by atoms with E-state index in [0.29, 0.717) is 6.04 Å². The van der Waals surface area contributed by atoms with Gasteiger partial charge in [0, 0.05) is 18.8 Å². The van der Waals surface area contributed by atoms with Crippen LogP contribution in [0.4, 0.5) is 11.4 Å². The molecule has 1 fully saturated rings. The first-order valence-corrected chi connectivity index (χ1v) is 6.73. The Labute approximate surface area is 109 Å². The Kier molecular flexibility index (Phi) is 3.82. The fourth-order valence-electron chi connectivity index (χ4n) is 2.76. The zero-order valence-electron chi connectivity index (χ0n) is 10.6. The number of halogens is 1. The third-order valence-corrected chi connectivity index (χ3v) is 4.11. The van der Waals surface area contributed by atoms with Crippen LogP contribution in [0.1, 0.15) is 32.6 Å². The van der Waals surface area contributed by atoms with Gasteiger partial charge in [-0.15, -0.1) is 0 Å². The molecule has 0 aliphatic heterocycles. The summed E-state index contributed by atoms with van der Waals surface area (Å²) in [7, 11) is 2.14. The monoisotopic (exact) mass is 252 g/mol. The highest BCUT2D eigenvalue weighted by Gasteiger charge is 2.23. The van der Waals surface area contributed by atoms with Gasteiger partial charge in [-0.05, 0) is 37.0 Å². The fraction of sp³-hybridized carbons (Fsp3) is 0.571. The number of nitrogens with zero attached hydrogens (tertiary/aromatic N) is 1. The van der Waals surface area contributed by atoms with Gasteiger partial charge in [0.05, 0.1) is 10.7 Å². The molecule has 94 valence electrons. The number of benzene rings is 1. The van der Waals surface area contributed by atoms with Crippen molar-refractivity contribution in [2.75, 3.05) is 17.7 Å². The number of hydrogen-bond donors (Lipinski definition) is 1. The first-order valence-electron chi connectivity index (χ1n) is 6.36. The van der Waals surface area contributed by atoms with Gasteiger partial charge in [0.25, 0.3) is 0 Å². The second kappa shape index (κ2) is 5.18. The van der Waals surface area contributed by atoms with E-state index in [1.807, 2.05) is 18.2 Å². The van der Waals surface area contributed by atoms with Crippen molar-refractivity contribution in [3.63, 3.8) is 0 Å². The van der Waals surface area contributed by atoms with Crippen LogP contribution < -0.4 is 10.6 Å². The first-order chi connectivity index (χ1) is 8.08. The molecule has 3 heteroatoms. The summed E-state index contributed by atoms with van der Waals surface area (Å²) in [4.78, 5) is 2.32. The molecule has 0 saturated heterocycles. The van der Waals surface area contributed by atoms with Crippen LogP contribution in [0.15, 0.2) is 18.2 Å². The summed E-state index contributed by atoms with van der Waals surface area (Å²) in [5, 5.41) is 0.755. The van der Waals surface area contributed by atoms with Gasteiger partial charge in [-0.25, -0.2) is 0 Å². The largest absolute Gasteiger partial charge is 0.399 e. The molecule has 1 aliphatic carbocycles. The van der Waals surface area contributed by atoms with E-state index in [1.165, 1.54) is 25.7 Å². The average Bonchev–Trinajstić information content (AvgIpc) is 2.28. The lowest BCUT2D eigenvalue weighted by atomic mass is 9.86. The van der Waals surface area contributed by atoms with E-state index in [0.717, 1.165) is 22.3 Å². The van der Waals surface area contributed by atoms with E-state index in [2.05, 4.69) is 18.9 Å². The molecule has 0 amide bonds. The molecule has 2 N–H and O–H groups in total. The zero-order valence-corrected chi connectivity index (χ0v) is 11.4. The second-order valence-corrected chi connectivity index (χ2v) is 5.65. The Hall–Kier alpha value is -0.890. The summed E-state index contributed by atoms with van der Waals surface area (Å²) in [6.45, 7) is 2.34. The minimum absolute atomic E-state index is 0.611. The molecule has 0 spiro atoms. The maximum atomic E-state index is 6.26. The van der Waals surface area contributed by atoms with E-state index in [1.54, 1.807) is 0 Å². The van der Waals surface area contributed by atoms with Crippen LogP contribution in [0.3, 0.4) is 0 Å². The Morgan fingerprint density at radius 1 is 1.35 bits per heavy atom. The van der Waals surface area contributed by atoms with Gasteiger partial charge < -0.3 is 10.6 Å². The maximum Gasteiger partial charge on any atom is 0.0660 e. The summed E-state index contributed by atoms with van der Waals surface area (Å²) in [6.07, 6.45) is 5.21. The predicted molar refractivity (Wildman–Crippen MR) is 75.7 cm³/mol. The van der Waals surface area contributed by atoms with E-state index in [-0.39, 0.29) is 0 Å². The quantitative estimate of drug-likeness (QED) is 0.808. The molecule has 1 aromatic carbocycles. The van der Waals surface area contributed by atoms with Crippen LogP contribution in [-0.4, -0.2) is 13.1 Å². The lowest BCUT2D eigenvalue weighted by Gasteiger charge is -2.36. The average molecular weight is 253 g/mol. The van der Waals surface area contributed by atoms with Gasteiger partial charge in [-0.1, -0.05) is 31.4 Å². The molecule has 0 bridgehead atoms. The third kappa shape index (κ3) is 2.86. The maximum absolute atomic E-state index is 6.26. The van der Waals surface area contributed by atoms with Crippen molar-refractivity contribution in [2.24, 2.45) is 5.92 Å². The van der Waals surface area contributed by atoms with Gasteiger partial charge in [-0.2, -0.15) is 0 Å². The molecule has 0 aromatic heterocycles. The molecular formula is C14H21ClN2. The van der Waals surface area contributed by atoms with E-state index < -0.39 is 0 Å². The highest BCUT2D eigenvalue weighted by molar-refractivity contribution is 6.33. The van der Waals surface area contributed by atoms with Gasteiger partial charge >= 0.3 is 0 Å². The highest BCUT2D eigenvalue weighted by atomic mass is 35.5. The molecule has 1 aromatic rings. The standard InChI is InChI=1S/C14H21ClN2/c1-10-4-3-5-12(8-10)17(2)14-7-6-11(16)9-13(14)15/h6-7,9-10,12H,3-5,8,16H2,1-2H3. The SMILES string of the molecule is CC1CCCC(N(C)c2ccc(N)cc2Cl)C1. The Morgan fingerprint density at radius 2 is 2.12 bits per heavy atom. The van der Waals surface area contributed by atoms with Crippen molar-refractivity contribution >= 4 is 23.0 Å². The minimum Gasteiger partial charge on any atom is -0.399 e. The van der Waals surface area contributed by atoms with Crippen molar-refractivity contribution in [1.29, 1.82) is 0 Å². The van der Waals surface area contributed by atoms with Gasteiger partial charge in [0.2, 0.25) is 0 Å². The van der Waals surface area contributed by atoms with Crippen LogP contribution in [0.2, 0.25) is 5.02 Å². The Bertz CT molecular complexity index is 392. The Balaban J connectivity index is 2.15. The van der Waals surface area contributed by atoms with Crippen molar-refractivity contribution in [1.82, 2.24) is 0 Å². The van der Waals surface area contributed by atoms with Crippen molar-refractivity contribution in [2.45, 2.75) is 38.6 Å². The lowest BCUT2D eigenvalue weighted by molar-refractivity contribution is 0.336. The lowest BCUT2D eigenvalue weighted by Crippen LogP contribution is -2.35. The molecular weight excluding hydrogens is 232 g/mol. The fourth-order valence-corrected chi connectivity index (χ4v) is 3.08. The van der Waals surface area contributed by atoms with Gasteiger partial charge in [0.15, 0.2) is 0 Å². The molecule has 0 heterocycles. The van der Waals surface area contributed by atoms with Crippen molar-refractivity contribution in [3.8, 4) is 0 Å². The highest BCUT2D eigenvalue weighted by Crippen LogP contribution is 2.33. The molecule has 2 nitrogen and oxygen atoms in total. The van der Waals surface area contributed by atoms with Crippen LogP contribution in [0.5, 0.6) is 0 Å². The summed E-state index contributed by atoms with van der Waals surface area (Å²) in [5.41, 5.74) is 7.55. The topological polar surface area (TPSA) is 29.3 Å². The van der Waals surface area contributed by atoms with Crippen molar-refractivity contribution < 1.29 is 0 Å². The van der Waals surface area contributed by atoms with Gasteiger partial charge in [0.1, 0.15) is 0 Å². The predicted octanol–water partition coefficient (Wildman–Crippen LogP) is 3.94. The molecule has 0 radical (unpaired) electrons. The number of nitrogens with two attached hydrogens (primary N) is 1. The molecule has 1 aliphatic rings. The molecule has 1 saturated carbocycles. The van der Waals surface area contributed by atoms with Crippen molar-refractivity contribution in [3.05, 3.63) is 23.2 Å². The van der Waals surface area contributed by atoms with E-state index >= 15 is 0 Å². The molecule has 2 rings (SSSR count). The smallest absolute Gasteiger partial charge is 0.0660 e. The van der Waals surface area contributed by atoms with Crippen LogP contribution in [-0.2, 0) is 0 Å². The molecule has 2 unspecified atom stereocenters. The number of nitrogen functional groups attached to an aromatic ring is 1.